The van der Waals surface area contributed by atoms with Gasteiger partial charge in [-0.05, 0) is 24.8 Å². The average molecular weight is 435 g/mol. The van der Waals surface area contributed by atoms with Gasteiger partial charge in [0.25, 0.3) is 11.5 Å². The molecule has 1 amide bonds. The summed E-state index contributed by atoms with van der Waals surface area (Å²) in [6.07, 6.45) is 0.01000. The second-order valence-corrected chi connectivity index (χ2v) is 8.66. The van der Waals surface area contributed by atoms with Gasteiger partial charge in [0, 0.05) is 29.7 Å². The summed E-state index contributed by atoms with van der Waals surface area (Å²) in [5.74, 6) is -2.10. The maximum atomic E-state index is 13.0. The lowest BCUT2D eigenvalue weighted by molar-refractivity contribution is -0.183. The Morgan fingerprint density at radius 2 is 2.00 bits per heavy atom. The van der Waals surface area contributed by atoms with Gasteiger partial charge in [0.1, 0.15) is 5.56 Å². The van der Waals surface area contributed by atoms with Crippen LogP contribution in [0.15, 0.2) is 47.5 Å². The van der Waals surface area contributed by atoms with Crippen molar-refractivity contribution in [2.45, 2.75) is 44.3 Å². The molecule has 9 heteroatoms. The Morgan fingerprint density at radius 1 is 1.23 bits per heavy atom. The lowest BCUT2D eigenvalue weighted by atomic mass is 9.85. The molecule has 5 nitrogen and oxygen atoms in total. The lowest BCUT2D eigenvalue weighted by Gasteiger charge is -2.30. The number of halogens is 3. The number of carbonyl (C=O) groups excluding carboxylic acids is 1. The zero-order valence-corrected chi connectivity index (χ0v) is 16.8. The first-order valence-corrected chi connectivity index (χ1v) is 10.5. The highest BCUT2D eigenvalue weighted by Crippen LogP contribution is 2.37. The Morgan fingerprint density at radius 3 is 2.73 bits per heavy atom. The van der Waals surface area contributed by atoms with Crippen molar-refractivity contribution in [2.24, 2.45) is 5.92 Å². The molecular weight excluding hydrogens is 415 g/mol. The number of thiazole rings is 1. The summed E-state index contributed by atoms with van der Waals surface area (Å²) in [4.78, 5) is 31.0. The highest BCUT2D eigenvalue weighted by atomic mass is 32.1. The molecule has 158 valence electrons. The van der Waals surface area contributed by atoms with Crippen LogP contribution in [0.2, 0.25) is 0 Å². The van der Waals surface area contributed by atoms with Gasteiger partial charge in [-0.3, -0.25) is 14.0 Å². The second kappa shape index (κ2) is 8.22. The average Bonchev–Trinajstić information content (AvgIpc) is 3.12. The highest BCUT2D eigenvalue weighted by molar-refractivity contribution is 7.17. The highest BCUT2D eigenvalue weighted by Gasteiger charge is 2.42. The van der Waals surface area contributed by atoms with Gasteiger partial charge in [-0.15, -0.1) is 11.3 Å². The van der Waals surface area contributed by atoms with Crippen LogP contribution in [0.1, 0.15) is 46.5 Å². The van der Waals surface area contributed by atoms with Crippen LogP contribution in [0.4, 0.5) is 13.2 Å². The zero-order valence-electron chi connectivity index (χ0n) is 16.0. The summed E-state index contributed by atoms with van der Waals surface area (Å²) in [5, 5.41) is 2.60. The number of hydrogen-bond donors (Lipinski definition) is 1. The smallest absolute Gasteiger partial charge is 0.349 e. The summed E-state index contributed by atoms with van der Waals surface area (Å²) < 4.78 is 40.3. The minimum absolute atomic E-state index is 0.0745. The predicted octanol–water partition coefficient (Wildman–Crippen LogP) is 4.20. The van der Waals surface area contributed by atoms with Gasteiger partial charge in [0.2, 0.25) is 0 Å². The van der Waals surface area contributed by atoms with Crippen molar-refractivity contribution in [3.63, 3.8) is 0 Å². The molecule has 1 saturated carbocycles. The van der Waals surface area contributed by atoms with E-state index in [1.165, 1.54) is 21.9 Å². The van der Waals surface area contributed by atoms with Crippen LogP contribution in [0, 0.1) is 5.92 Å². The van der Waals surface area contributed by atoms with Crippen molar-refractivity contribution in [2.75, 3.05) is 0 Å². The van der Waals surface area contributed by atoms with E-state index in [-0.39, 0.29) is 18.4 Å². The molecule has 1 fully saturated rings. The van der Waals surface area contributed by atoms with Crippen LogP contribution < -0.4 is 10.9 Å². The van der Waals surface area contributed by atoms with E-state index in [0.717, 1.165) is 10.4 Å². The third-order valence-electron chi connectivity index (χ3n) is 5.39. The van der Waals surface area contributed by atoms with Gasteiger partial charge in [-0.1, -0.05) is 36.8 Å². The van der Waals surface area contributed by atoms with E-state index in [0.29, 0.717) is 24.2 Å². The fraction of sp³-hybridized carbons (Fsp3) is 0.381. The monoisotopic (exact) mass is 435 g/mol. The maximum absolute atomic E-state index is 13.0. The number of rotatable bonds is 4. The van der Waals surface area contributed by atoms with Crippen molar-refractivity contribution in [3.8, 4) is 0 Å². The number of aromatic nitrogens is 2. The topological polar surface area (TPSA) is 63.5 Å². The van der Waals surface area contributed by atoms with E-state index in [1.54, 1.807) is 6.20 Å². The number of hydrogen-bond acceptors (Lipinski definition) is 4. The molecule has 1 aliphatic carbocycles. The first kappa shape index (κ1) is 20.6. The number of fused-ring (bicyclic) bond motifs is 1. The van der Waals surface area contributed by atoms with Crippen molar-refractivity contribution >= 4 is 22.2 Å². The van der Waals surface area contributed by atoms with E-state index >= 15 is 0 Å². The Balaban J connectivity index is 1.52. The Hall–Kier alpha value is -2.68. The van der Waals surface area contributed by atoms with Crippen molar-refractivity contribution in [3.05, 3.63) is 69.1 Å². The van der Waals surface area contributed by atoms with Crippen LogP contribution >= 0.6 is 11.3 Å². The van der Waals surface area contributed by atoms with E-state index in [2.05, 4.69) is 10.3 Å². The van der Waals surface area contributed by atoms with Crippen molar-refractivity contribution < 1.29 is 18.0 Å². The zero-order chi connectivity index (χ0) is 21.3. The molecule has 3 aromatic rings. The first-order chi connectivity index (χ1) is 14.3. The van der Waals surface area contributed by atoms with Crippen LogP contribution in [0.3, 0.4) is 0 Å². The summed E-state index contributed by atoms with van der Waals surface area (Å²) in [6, 6.07) is 9.16. The SMILES string of the molecule is O=C(NC1CCCC(C(F)(F)F)C1)c1cnc2sc(Cc3ccccc3)cn2c1=O. The standard InChI is InChI=1S/C21H20F3N3O2S/c22-21(23,24)14-7-4-8-15(10-14)26-18(28)17-11-25-20-27(19(17)29)12-16(30-20)9-13-5-2-1-3-6-13/h1-3,5-6,11-12,14-15H,4,7-10H2,(H,26,28). The van der Waals surface area contributed by atoms with Crippen LogP contribution in [-0.2, 0) is 6.42 Å². The molecule has 0 bridgehead atoms. The van der Waals surface area contributed by atoms with E-state index in [9.17, 15) is 22.8 Å². The Kier molecular flexibility index (Phi) is 5.64. The molecular formula is C21H20F3N3O2S. The molecule has 0 radical (unpaired) electrons. The minimum atomic E-state index is -4.27. The number of amides is 1. The predicted molar refractivity (Wildman–Crippen MR) is 108 cm³/mol. The molecule has 2 aromatic heterocycles. The van der Waals surface area contributed by atoms with Gasteiger partial charge >= 0.3 is 6.18 Å². The van der Waals surface area contributed by atoms with E-state index < -0.39 is 29.6 Å². The molecule has 1 N–H and O–H groups in total. The number of alkyl halides is 3. The summed E-state index contributed by atoms with van der Waals surface area (Å²) in [5.41, 5.74) is 0.411. The van der Waals surface area contributed by atoms with Gasteiger partial charge in [0.05, 0.1) is 5.92 Å². The van der Waals surface area contributed by atoms with Crippen LogP contribution in [0.25, 0.3) is 4.96 Å². The third-order valence-corrected chi connectivity index (χ3v) is 6.39. The molecule has 30 heavy (non-hydrogen) atoms. The molecule has 0 aliphatic heterocycles. The minimum Gasteiger partial charge on any atom is -0.349 e. The number of carbonyl (C=O) groups is 1. The fourth-order valence-corrected chi connectivity index (χ4v) is 4.82. The van der Waals surface area contributed by atoms with Crippen molar-refractivity contribution in [1.29, 1.82) is 0 Å². The maximum Gasteiger partial charge on any atom is 0.391 e. The molecule has 2 heterocycles. The molecule has 0 saturated heterocycles. The summed E-state index contributed by atoms with van der Waals surface area (Å²) in [6.45, 7) is 0. The lowest BCUT2D eigenvalue weighted by Crippen LogP contribution is -2.43. The van der Waals surface area contributed by atoms with Gasteiger partial charge in [-0.25, -0.2) is 4.98 Å². The molecule has 1 aliphatic rings. The number of nitrogens with one attached hydrogen (secondary N) is 1. The first-order valence-electron chi connectivity index (χ1n) is 9.73. The fourth-order valence-electron chi connectivity index (χ4n) is 3.85. The summed E-state index contributed by atoms with van der Waals surface area (Å²) >= 11 is 1.36. The van der Waals surface area contributed by atoms with Crippen molar-refractivity contribution in [1.82, 2.24) is 14.7 Å². The molecule has 1 aromatic carbocycles. The Labute approximate surface area is 174 Å². The largest absolute Gasteiger partial charge is 0.391 e. The molecule has 0 spiro atoms. The quantitative estimate of drug-likeness (QED) is 0.668. The van der Waals surface area contributed by atoms with Gasteiger partial charge < -0.3 is 5.32 Å². The third kappa shape index (κ3) is 4.40. The molecule has 4 rings (SSSR count). The molecule has 2 unspecified atom stereocenters. The van der Waals surface area contributed by atoms with Crippen LogP contribution in [0.5, 0.6) is 0 Å². The number of benzene rings is 1. The van der Waals surface area contributed by atoms with Crippen LogP contribution in [-0.4, -0.2) is 27.5 Å². The second-order valence-electron chi connectivity index (χ2n) is 7.56. The van der Waals surface area contributed by atoms with Gasteiger partial charge in [0.15, 0.2) is 4.96 Å². The van der Waals surface area contributed by atoms with E-state index in [1.807, 2.05) is 30.3 Å². The molecule has 2 atom stereocenters. The normalized spacial score (nSPS) is 19.7. The van der Waals surface area contributed by atoms with E-state index in [4.69, 9.17) is 0 Å². The Bertz CT molecular complexity index is 1110. The number of nitrogens with zero attached hydrogens (tertiary/aromatic N) is 2. The van der Waals surface area contributed by atoms with Gasteiger partial charge in [-0.2, -0.15) is 13.2 Å². The summed E-state index contributed by atoms with van der Waals surface area (Å²) in [7, 11) is 0.